The lowest BCUT2D eigenvalue weighted by atomic mass is 10.1. The highest BCUT2D eigenvalue weighted by molar-refractivity contribution is 7.12. The van der Waals surface area contributed by atoms with Crippen molar-refractivity contribution in [2.45, 2.75) is 26.8 Å². The predicted octanol–water partition coefficient (Wildman–Crippen LogP) is 3.74. The van der Waals surface area contributed by atoms with Gasteiger partial charge in [-0.25, -0.2) is 14.7 Å². The van der Waals surface area contributed by atoms with E-state index in [1.165, 1.54) is 10.4 Å². The number of carbonyl (C=O) groups excluding carboxylic acids is 3. The highest BCUT2D eigenvalue weighted by atomic mass is 32.1. The van der Waals surface area contributed by atoms with Crippen LogP contribution < -0.4 is 21.3 Å². The van der Waals surface area contributed by atoms with Gasteiger partial charge in [-0.3, -0.25) is 9.59 Å². The summed E-state index contributed by atoms with van der Waals surface area (Å²) < 4.78 is 0. The molecule has 3 aromatic rings. The van der Waals surface area contributed by atoms with E-state index in [1.807, 2.05) is 37.3 Å². The normalized spacial score (nSPS) is 10.4. The standard InChI is InChI=1S/C23H25N5O3S/c1-3-11-25-23(31)28(18-10-9-17(20(24)29)12-15(18)2)21-19(32-14-27-21)22(30)26-13-16-7-5-4-6-8-16/h4-10,12,14H,3,11,13H2,1-2H3,(H2,24,29)(H,25,31)(H,26,30). The van der Waals surface area contributed by atoms with Crippen molar-refractivity contribution in [3.05, 3.63) is 75.6 Å². The SMILES string of the molecule is CCCNC(=O)N(c1ccc(C(N)=O)cc1C)c1ncsc1C(=O)NCc1ccccc1. The molecule has 3 rings (SSSR count). The number of thiazole rings is 1. The molecule has 0 bridgehead atoms. The van der Waals surface area contributed by atoms with E-state index in [4.69, 9.17) is 5.73 Å². The van der Waals surface area contributed by atoms with Crippen LogP contribution >= 0.6 is 11.3 Å². The Morgan fingerprint density at radius 1 is 1.09 bits per heavy atom. The van der Waals surface area contributed by atoms with Crippen molar-refractivity contribution >= 4 is 40.7 Å². The molecule has 8 nitrogen and oxygen atoms in total. The number of nitrogens with one attached hydrogen (secondary N) is 2. The van der Waals surface area contributed by atoms with Gasteiger partial charge in [-0.1, -0.05) is 37.3 Å². The van der Waals surface area contributed by atoms with Gasteiger partial charge in [0.25, 0.3) is 5.91 Å². The highest BCUT2D eigenvalue weighted by Crippen LogP contribution is 2.32. The molecule has 0 atom stereocenters. The third-order valence-electron chi connectivity index (χ3n) is 4.71. The average Bonchev–Trinajstić information content (AvgIpc) is 3.27. The molecule has 0 aliphatic heterocycles. The second kappa shape index (κ2) is 10.5. The van der Waals surface area contributed by atoms with Gasteiger partial charge < -0.3 is 16.4 Å². The zero-order valence-corrected chi connectivity index (χ0v) is 18.7. The van der Waals surface area contributed by atoms with Gasteiger partial charge >= 0.3 is 6.03 Å². The number of hydrogen-bond acceptors (Lipinski definition) is 5. The summed E-state index contributed by atoms with van der Waals surface area (Å²) in [6.07, 6.45) is 0.751. The number of aromatic nitrogens is 1. The average molecular weight is 452 g/mol. The molecule has 166 valence electrons. The summed E-state index contributed by atoms with van der Waals surface area (Å²) >= 11 is 1.15. The van der Waals surface area contributed by atoms with Crippen LogP contribution in [0.4, 0.5) is 16.3 Å². The Hall–Kier alpha value is -3.72. The van der Waals surface area contributed by atoms with Crippen molar-refractivity contribution < 1.29 is 14.4 Å². The molecule has 0 unspecified atom stereocenters. The minimum Gasteiger partial charge on any atom is -0.366 e. The number of amides is 4. The molecular formula is C23H25N5O3S. The molecule has 0 saturated carbocycles. The third-order valence-corrected chi connectivity index (χ3v) is 5.53. The zero-order valence-electron chi connectivity index (χ0n) is 17.9. The lowest BCUT2D eigenvalue weighted by Gasteiger charge is -2.24. The number of nitrogens with two attached hydrogens (primary N) is 1. The third kappa shape index (κ3) is 5.30. The monoisotopic (exact) mass is 451 g/mol. The number of anilines is 2. The first-order valence-electron chi connectivity index (χ1n) is 10.2. The Morgan fingerprint density at radius 2 is 1.84 bits per heavy atom. The molecule has 0 saturated heterocycles. The summed E-state index contributed by atoms with van der Waals surface area (Å²) in [5.74, 6) is -0.661. The fourth-order valence-electron chi connectivity index (χ4n) is 3.10. The maximum atomic E-state index is 13.1. The van der Waals surface area contributed by atoms with Crippen LogP contribution in [0, 0.1) is 6.92 Å². The molecule has 0 aliphatic carbocycles. The Kier molecular flexibility index (Phi) is 7.56. The molecule has 4 amide bonds. The largest absolute Gasteiger partial charge is 0.366 e. The first-order chi connectivity index (χ1) is 15.4. The van der Waals surface area contributed by atoms with Gasteiger partial charge in [-0.2, -0.15) is 0 Å². The van der Waals surface area contributed by atoms with E-state index >= 15 is 0 Å². The minimum atomic E-state index is -0.559. The van der Waals surface area contributed by atoms with Crippen molar-refractivity contribution in [1.29, 1.82) is 0 Å². The Morgan fingerprint density at radius 3 is 2.50 bits per heavy atom. The van der Waals surface area contributed by atoms with Crippen molar-refractivity contribution in [2.24, 2.45) is 5.73 Å². The van der Waals surface area contributed by atoms with Crippen LogP contribution in [0.15, 0.2) is 54.0 Å². The fraction of sp³-hybridized carbons (Fsp3) is 0.217. The van der Waals surface area contributed by atoms with Gasteiger partial charge in [-0.05, 0) is 42.7 Å². The van der Waals surface area contributed by atoms with Crippen LogP contribution in [0.2, 0.25) is 0 Å². The summed E-state index contributed by atoms with van der Waals surface area (Å²) in [6.45, 7) is 4.53. The van der Waals surface area contributed by atoms with Crippen molar-refractivity contribution in [3.8, 4) is 0 Å². The van der Waals surface area contributed by atoms with Gasteiger partial charge in [0.2, 0.25) is 5.91 Å². The molecule has 2 aromatic carbocycles. The molecular weight excluding hydrogens is 426 g/mol. The number of hydrogen-bond donors (Lipinski definition) is 3. The van der Waals surface area contributed by atoms with Gasteiger partial charge in [-0.15, -0.1) is 11.3 Å². The summed E-state index contributed by atoms with van der Waals surface area (Å²) in [6, 6.07) is 13.9. The lowest BCUT2D eigenvalue weighted by molar-refractivity contribution is 0.0954. The number of urea groups is 1. The molecule has 0 fully saturated rings. The fourth-order valence-corrected chi connectivity index (χ4v) is 3.79. The van der Waals surface area contributed by atoms with E-state index in [0.717, 1.165) is 23.3 Å². The molecule has 0 aliphatic rings. The number of aryl methyl sites for hydroxylation is 1. The lowest BCUT2D eigenvalue weighted by Crippen LogP contribution is -2.39. The Labute approximate surface area is 190 Å². The summed E-state index contributed by atoms with van der Waals surface area (Å²) in [5, 5.41) is 5.72. The van der Waals surface area contributed by atoms with Crippen LogP contribution in [0.25, 0.3) is 0 Å². The summed E-state index contributed by atoms with van der Waals surface area (Å²) in [7, 11) is 0. The molecule has 32 heavy (non-hydrogen) atoms. The van der Waals surface area contributed by atoms with Gasteiger partial charge in [0.1, 0.15) is 4.88 Å². The van der Waals surface area contributed by atoms with Crippen LogP contribution in [-0.2, 0) is 6.54 Å². The second-order valence-electron chi connectivity index (χ2n) is 7.11. The van der Waals surface area contributed by atoms with Gasteiger partial charge in [0.05, 0.1) is 11.2 Å². The smallest absolute Gasteiger partial charge is 0.327 e. The maximum absolute atomic E-state index is 13.1. The van der Waals surface area contributed by atoms with Gasteiger partial charge in [0, 0.05) is 18.7 Å². The van der Waals surface area contributed by atoms with Crippen LogP contribution in [-0.4, -0.2) is 29.4 Å². The number of nitrogens with zero attached hydrogens (tertiary/aromatic N) is 2. The predicted molar refractivity (Wildman–Crippen MR) is 125 cm³/mol. The molecule has 1 aromatic heterocycles. The first-order valence-corrected chi connectivity index (χ1v) is 11.0. The molecule has 9 heteroatoms. The molecule has 4 N–H and O–H groups in total. The van der Waals surface area contributed by atoms with Crippen LogP contribution in [0.1, 0.15) is 44.5 Å². The number of primary amides is 1. The highest BCUT2D eigenvalue weighted by Gasteiger charge is 2.27. The van der Waals surface area contributed by atoms with Crippen molar-refractivity contribution in [3.63, 3.8) is 0 Å². The number of benzene rings is 2. The van der Waals surface area contributed by atoms with Gasteiger partial charge in [0.15, 0.2) is 5.82 Å². The van der Waals surface area contributed by atoms with E-state index in [9.17, 15) is 14.4 Å². The summed E-state index contributed by atoms with van der Waals surface area (Å²) in [4.78, 5) is 43.6. The van der Waals surface area contributed by atoms with Crippen molar-refractivity contribution in [2.75, 3.05) is 11.4 Å². The Bertz CT molecular complexity index is 1110. The zero-order chi connectivity index (χ0) is 23.1. The van der Waals surface area contributed by atoms with Crippen LogP contribution in [0.3, 0.4) is 0 Å². The Balaban J connectivity index is 1.94. The van der Waals surface area contributed by atoms with Crippen LogP contribution in [0.5, 0.6) is 0 Å². The number of rotatable bonds is 8. The second-order valence-corrected chi connectivity index (χ2v) is 7.96. The molecule has 1 heterocycles. The van der Waals surface area contributed by atoms with Crippen molar-refractivity contribution in [1.82, 2.24) is 15.6 Å². The van der Waals surface area contributed by atoms with E-state index in [1.54, 1.807) is 25.1 Å². The topological polar surface area (TPSA) is 117 Å². The first kappa shape index (κ1) is 23.0. The molecule has 0 radical (unpaired) electrons. The minimum absolute atomic E-state index is 0.226. The van der Waals surface area contributed by atoms with E-state index in [2.05, 4.69) is 15.6 Å². The van der Waals surface area contributed by atoms with E-state index < -0.39 is 11.9 Å². The van der Waals surface area contributed by atoms with E-state index in [0.29, 0.717) is 34.8 Å². The number of carbonyl (C=O) groups is 3. The van der Waals surface area contributed by atoms with E-state index in [-0.39, 0.29) is 11.7 Å². The quantitative estimate of drug-likeness (QED) is 0.483. The molecule has 0 spiro atoms. The maximum Gasteiger partial charge on any atom is 0.327 e. The summed E-state index contributed by atoms with van der Waals surface area (Å²) in [5.41, 5.74) is 9.36.